The molecule has 0 aromatic carbocycles. The third-order valence-corrected chi connectivity index (χ3v) is 3.37. The summed E-state index contributed by atoms with van der Waals surface area (Å²) in [7, 11) is 0. The van der Waals surface area contributed by atoms with Crippen molar-refractivity contribution in [2.24, 2.45) is 11.8 Å². The fourth-order valence-electron chi connectivity index (χ4n) is 2.17. The van der Waals surface area contributed by atoms with Crippen molar-refractivity contribution in [3.8, 4) is 0 Å². The lowest BCUT2D eigenvalue weighted by Gasteiger charge is -2.11. The molecule has 0 spiro atoms. The van der Waals surface area contributed by atoms with Crippen LogP contribution in [0.25, 0.3) is 0 Å². The van der Waals surface area contributed by atoms with Gasteiger partial charge < -0.3 is 9.47 Å². The van der Waals surface area contributed by atoms with Gasteiger partial charge in [0.2, 0.25) is 0 Å². The largest absolute Gasteiger partial charge is 0.394 e. The fourth-order valence-corrected chi connectivity index (χ4v) is 2.17. The predicted octanol–water partition coefficient (Wildman–Crippen LogP) is 4.82. The molecule has 0 radical (unpaired) electrons. The lowest BCUT2D eigenvalue weighted by atomic mass is 10.1. The second-order valence-electron chi connectivity index (χ2n) is 5.41. The minimum atomic E-state index is -4.06. The molecule has 3 unspecified atom stereocenters. The first kappa shape index (κ1) is 19.7. The van der Waals surface area contributed by atoms with Crippen LogP contribution < -0.4 is 0 Å². The van der Waals surface area contributed by atoms with Crippen molar-refractivity contribution >= 4 is 0 Å². The van der Waals surface area contributed by atoms with E-state index in [1.807, 2.05) is 13.8 Å². The van der Waals surface area contributed by atoms with Crippen LogP contribution in [0.15, 0.2) is 0 Å². The van der Waals surface area contributed by atoms with E-state index in [4.69, 9.17) is 9.47 Å². The average Bonchev–Trinajstić information content (AvgIpc) is 3.01. The molecular weight excluding hydrogens is 269 g/mol. The van der Waals surface area contributed by atoms with Crippen molar-refractivity contribution in [3.05, 3.63) is 0 Å². The van der Waals surface area contributed by atoms with Crippen LogP contribution in [-0.4, -0.2) is 31.6 Å². The Balaban J connectivity index is 0.000000327. The maximum atomic E-state index is 11.9. The molecule has 0 aromatic heterocycles. The van der Waals surface area contributed by atoms with Crippen LogP contribution in [0.4, 0.5) is 13.2 Å². The molecule has 0 bridgehead atoms. The molecule has 122 valence electrons. The number of rotatable bonds is 1. The maximum absolute atomic E-state index is 11.9. The van der Waals surface area contributed by atoms with Gasteiger partial charge in [-0.2, -0.15) is 13.2 Å². The van der Waals surface area contributed by atoms with Gasteiger partial charge in [-0.05, 0) is 32.1 Å². The van der Waals surface area contributed by atoms with Gasteiger partial charge in [0, 0.05) is 6.61 Å². The topological polar surface area (TPSA) is 18.5 Å². The zero-order valence-corrected chi connectivity index (χ0v) is 13.3. The van der Waals surface area contributed by atoms with Crippen molar-refractivity contribution in [3.63, 3.8) is 0 Å². The minimum Gasteiger partial charge on any atom is -0.378 e. The molecule has 2 heterocycles. The van der Waals surface area contributed by atoms with E-state index in [9.17, 15) is 13.2 Å². The van der Waals surface area contributed by atoms with Gasteiger partial charge in [-0.25, -0.2) is 0 Å². The smallest absolute Gasteiger partial charge is 0.378 e. The number of hydrogen-bond acceptors (Lipinski definition) is 2. The Labute approximate surface area is 121 Å². The van der Waals surface area contributed by atoms with E-state index in [2.05, 4.69) is 13.8 Å². The number of ether oxygens (including phenoxy) is 2. The first-order chi connectivity index (χ1) is 9.30. The molecule has 0 aliphatic carbocycles. The van der Waals surface area contributed by atoms with Gasteiger partial charge in [0.15, 0.2) is 0 Å². The van der Waals surface area contributed by atoms with Crippen LogP contribution in [-0.2, 0) is 9.47 Å². The molecule has 2 aliphatic heterocycles. The monoisotopic (exact) mass is 298 g/mol. The SMILES string of the molecule is CC.CC(C)C1CCCO1.CC1CC(C(F)(F)F)CO1. The molecule has 3 atom stereocenters. The molecule has 5 heteroatoms. The summed E-state index contributed by atoms with van der Waals surface area (Å²) in [5, 5.41) is 0. The van der Waals surface area contributed by atoms with Crippen molar-refractivity contribution in [2.75, 3.05) is 13.2 Å². The first-order valence-electron chi connectivity index (χ1n) is 7.60. The molecule has 2 rings (SSSR count). The van der Waals surface area contributed by atoms with Crippen LogP contribution in [0, 0.1) is 11.8 Å². The first-order valence-corrected chi connectivity index (χ1v) is 7.60. The highest BCUT2D eigenvalue weighted by atomic mass is 19.4. The molecule has 2 saturated heterocycles. The number of hydrogen-bond donors (Lipinski definition) is 0. The van der Waals surface area contributed by atoms with E-state index in [0.29, 0.717) is 6.10 Å². The average molecular weight is 298 g/mol. The lowest BCUT2D eigenvalue weighted by Crippen LogP contribution is -2.22. The van der Waals surface area contributed by atoms with Gasteiger partial charge >= 0.3 is 6.18 Å². The summed E-state index contributed by atoms with van der Waals surface area (Å²) < 4.78 is 45.7. The lowest BCUT2D eigenvalue weighted by molar-refractivity contribution is -0.173. The van der Waals surface area contributed by atoms with E-state index in [1.165, 1.54) is 12.8 Å². The van der Waals surface area contributed by atoms with Gasteiger partial charge in [-0.3, -0.25) is 0 Å². The number of alkyl halides is 3. The summed E-state index contributed by atoms with van der Waals surface area (Å²) in [6, 6.07) is 0. The van der Waals surface area contributed by atoms with E-state index in [0.717, 1.165) is 12.5 Å². The quantitative estimate of drug-likeness (QED) is 0.691. The van der Waals surface area contributed by atoms with E-state index < -0.39 is 12.1 Å². The van der Waals surface area contributed by atoms with Gasteiger partial charge in [-0.15, -0.1) is 0 Å². The van der Waals surface area contributed by atoms with Crippen molar-refractivity contribution in [1.29, 1.82) is 0 Å². The summed E-state index contributed by atoms with van der Waals surface area (Å²) in [5.41, 5.74) is 0. The third-order valence-electron chi connectivity index (χ3n) is 3.37. The Kier molecular flexibility index (Phi) is 9.47. The highest BCUT2D eigenvalue weighted by molar-refractivity contribution is 4.75. The molecule has 0 aromatic rings. The summed E-state index contributed by atoms with van der Waals surface area (Å²) in [6.07, 6.45) is -1.07. The molecule has 0 amide bonds. The standard InChI is InChI=1S/C7H14O.C6H9F3O.C2H6/c1-6(2)7-4-3-5-8-7;1-4-2-5(3-10-4)6(7,8)9;1-2/h6-7H,3-5H2,1-2H3;4-5H,2-3H2,1H3;1-2H3. The summed E-state index contributed by atoms with van der Waals surface area (Å²) >= 11 is 0. The Bertz CT molecular complexity index is 236. The third kappa shape index (κ3) is 7.48. The fraction of sp³-hybridized carbons (Fsp3) is 1.00. The summed E-state index contributed by atoms with van der Waals surface area (Å²) in [6.45, 7) is 10.9. The molecule has 0 saturated carbocycles. The predicted molar refractivity (Wildman–Crippen MR) is 74.7 cm³/mol. The van der Waals surface area contributed by atoms with Gasteiger partial charge in [0.05, 0.1) is 24.7 Å². The Morgan fingerprint density at radius 1 is 1.10 bits per heavy atom. The van der Waals surface area contributed by atoms with E-state index in [-0.39, 0.29) is 19.1 Å². The molecule has 2 fully saturated rings. The Morgan fingerprint density at radius 3 is 1.90 bits per heavy atom. The molecule has 20 heavy (non-hydrogen) atoms. The van der Waals surface area contributed by atoms with Crippen molar-refractivity contribution < 1.29 is 22.6 Å². The molecule has 2 aliphatic rings. The minimum absolute atomic E-state index is 0.115. The van der Waals surface area contributed by atoms with Crippen molar-refractivity contribution in [1.82, 2.24) is 0 Å². The van der Waals surface area contributed by atoms with Gasteiger partial charge in [-0.1, -0.05) is 27.7 Å². The second kappa shape index (κ2) is 9.61. The zero-order chi connectivity index (χ0) is 15.8. The normalized spacial score (nSPS) is 29.6. The zero-order valence-electron chi connectivity index (χ0n) is 13.3. The van der Waals surface area contributed by atoms with E-state index >= 15 is 0 Å². The van der Waals surface area contributed by atoms with Gasteiger partial charge in [0.1, 0.15) is 0 Å². The Hall–Kier alpha value is -0.290. The summed E-state index contributed by atoms with van der Waals surface area (Å²) in [4.78, 5) is 0. The highest BCUT2D eigenvalue weighted by Gasteiger charge is 2.43. The van der Waals surface area contributed by atoms with E-state index in [1.54, 1.807) is 6.92 Å². The number of halogens is 3. The van der Waals surface area contributed by atoms with Crippen LogP contribution in [0.2, 0.25) is 0 Å². The molecular formula is C15H29F3O2. The summed E-state index contributed by atoms with van der Waals surface area (Å²) in [5.74, 6) is -0.514. The van der Waals surface area contributed by atoms with Crippen molar-refractivity contribution in [2.45, 2.75) is 72.3 Å². The van der Waals surface area contributed by atoms with Crippen LogP contribution >= 0.6 is 0 Å². The molecule has 2 nitrogen and oxygen atoms in total. The van der Waals surface area contributed by atoms with Gasteiger partial charge in [0.25, 0.3) is 0 Å². The van der Waals surface area contributed by atoms with Crippen LogP contribution in [0.3, 0.4) is 0 Å². The molecule has 0 N–H and O–H groups in total. The maximum Gasteiger partial charge on any atom is 0.394 e. The van der Waals surface area contributed by atoms with Crippen LogP contribution in [0.1, 0.15) is 53.9 Å². The second-order valence-corrected chi connectivity index (χ2v) is 5.41. The highest BCUT2D eigenvalue weighted by Crippen LogP contribution is 2.34. The Morgan fingerprint density at radius 2 is 1.70 bits per heavy atom. The van der Waals surface area contributed by atoms with Crippen LogP contribution in [0.5, 0.6) is 0 Å².